The van der Waals surface area contributed by atoms with Gasteiger partial charge in [0.25, 0.3) is 0 Å². The van der Waals surface area contributed by atoms with Gasteiger partial charge in [-0.25, -0.2) is 4.79 Å². The van der Waals surface area contributed by atoms with Crippen LogP contribution in [0.15, 0.2) is 48.8 Å². The number of aryl methyl sites for hydroxylation is 1. The van der Waals surface area contributed by atoms with E-state index in [1.807, 2.05) is 34.1 Å². The molecule has 1 aliphatic rings. The topological polar surface area (TPSA) is 45.7 Å². The number of benzene rings is 1. The fraction of sp³-hybridized carbons (Fsp3) is 0.429. The summed E-state index contributed by atoms with van der Waals surface area (Å²) in [5.41, 5.74) is 2.18. The van der Waals surface area contributed by atoms with Gasteiger partial charge in [-0.05, 0) is 44.0 Å². The maximum absolute atomic E-state index is 12.5. The number of amides is 2. The first-order valence-corrected chi connectivity index (χ1v) is 9.40. The average molecular weight is 353 g/mol. The number of carbonyl (C=O) groups is 1. The Hall–Kier alpha value is -2.56. The summed E-state index contributed by atoms with van der Waals surface area (Å²) < 4.78 is 5.74. The van der Waals surface area contributed by atoms with Crippen molar-refractivity contribution in [2.24, 2.45) is 0 Å². The molecule has 2 amide bonds. The molecule has 0 N–H and O–H groups in total. The van der Waals surface area contributed by atoms with E-state index in [-0.39, 0.29) is 6.03 Å². The number of ether oxygens (including phenoxy) is 1. The van der Waals surface area contributed by atoms with Crippen LogP contribution in [0.3, 0.4) is 0 Å². The van der Waals surface area contributed by atoms with Crippen molar-refractivity contribution in [3.05, 3.63) is 54.4 Å². The number of nitrogens with zero attached hydrogens (tertiary/aromatic N) is 3. The molecule has 0 atom stereocenters. The Morgan fingerprint density at radius 2 is 1.69 bits per heavy atom. The lowest BCUT2D eigenvalue weighted by molar-refractivity contribution is 0.219. The molecule has 138 valence electrons. The van der Waals surface area contributed by atoms with Crippen molar-refractivity contribution in [3.8, 4) is 5.75 Å². The highest BCUT2D eigenvalue weighted by Gasteiger charge is 2.28. The van der Waals surface area contributed by atoms with Crippen LogP contribution in [0.25, 0.3) is 0 Å². The predicted octanol–water partition coefficient (Wildman–Crippen LogP) is 4.27. The Labute approximate surface area is 155 Å². The van der Waals surface area contributed by atoms with E-state index >= 15 is 0 Å². The monoisotopic (exact) mass is 353 g/mol. The number of pyridine rings is 1. The Kier molecular flexibility index (Phi) is 6.47. The molecule has 0 spiro atoms. The van der Waals surface area contributed by atoms with Gasteiger partial charge in [0, 0.05) is 37.7 Å². The highest BCUT2D eigenvalue weighted by Crippen LogP contribution is 2.19. The molecule has 1 aromatic heterocycles. The zero-order valence-corrected chi connectivity index (χ0v) is 15.4. The molecule has 0 saturated carbocycles. The lowest BCUT2D eigenvalue weighted by Crippen LogP contribution is -2.32. The first-order chi connectivity index (χ1) is 12.7. The third-order valence-electron chi connectivity index (χ3n) is 4.68. The summed E-state index contributed by atoms with van der Waals surface area (Å²) in [4.78, 5) is 20.2. The number of urea groups is 1. The molecular weight excluding hydrogens is 326 g/mol. The first kappa shape index (κ1) is 18.2. The summed E-state index contributed by atoms with van der Waals surface area (Å²) in [6.07, 6.45) is 7.79. The molecule has 0 bridgehead atoms. The van der Waals surface area contributed by atoms with E-state index in [2.05, 4.69) is 24.0 Å². The smallest absolute Gasteiger partial charge is 0.324 e. The molecule has 1 aliphatic heterocycles. The average Bonchev–Trinajstić information content (AvgIpc) is 3.04. The van der Waals surface area contributed by atoms with Crippen molar-refractivity contribution in [2.45, 2.75) is 32.6 Å². The minimum Gasteiger partial charge on any atom is -0.494 e. The van der Waals surface area contributed by atoms with E-state index in [1.165, 1.54) is 5.56 Å². The third-order valence-corrected chi connectivity index (χ3v) is 4.68. The molecule has 0 unspecified atom stereocenters. The van der Waals surface area contributed by atoms with Crippen LogP contribution in [-0.2, 0) is 0 Å². The standard InChI is InChI=1S/C21H27N3O2/c1-18-6-8-20(9-7-18)26-17-5-3-2-4-14-23-15-16-24(21(23)25)19-10-12-22-13-11-19/h6-13H,2-5,14-17H2,1H3. The second kappa shape index (κ2) is 9.22. The summed E-state index contributed by atoms with van der Waals surface area (Å²) in [5, 5.41) is 0. The summed E-state index contributed by atoms with van der Waals surface area (Å²) in [6, 6.07) is 12.0. The molecule has 5 nitrogen and oxygen atoms in total. The first-order valence-electron chi connectivity index (χ1n) is 9.40. The summed E-state index contributed by atoms with van der Waals surface area (Å²) >= 11 is 0. The van der Waals surface area contributed by atoms with Gasteiger partial charge in [-0.1, -0.05) is 30.5 Å². The fourth-order valence-electron chi connectivity index (χ4n) is 3.14. The lowest BCUT2D eigenvalue weighted by atomic mass is 10.2. The van der Waals surface area contributed by atoms with E-state index < -0.39 is 0 Å². The normalized spacial score (nSPS) is 14.1. The van der Waals surface area contributed by atoms with Crippen molar-refractivity contribution in [1.82, 2.24) is 9.88 Å². The number of unbranched alkanes of at least 4 members (excludes halogenated alkanes) is 3. The number of hydrogen-bond acceptors (Lipinski definition) is 3. The molecule has 1 fully saturated rings. The molecule has 1 saturated heterocycles. The molecule has 2 aromatic rings. The molecule has 5 heteroatoms. The van der Waals surface area contributed by atoms with Crippen LogP contribution in [0.2, 0.25) is 0 Å². The summed E-state index contributed by atoms with van der Waals surface area (Å²) in [6.45, 7) is 5.22. The minimum atomic E-state index is 0.110. The van der Waals surface area contributed by atoms with Gasteiger partial charge in [0.15, 0.2) is 0 Å². The molecule has 3 rings (SSSR count). The summed E-state index contributed by atoms with van der Waals surface area (Å²) in [7, 11) is 0. The Morgan fingerprint density at radius 1 is 0.962 bits per heavy atom. The zero-order valence-electron chi connectivity index (χ0n) is 15.4. The largest absolute Gasteiger partial charge is 0.494 e. The van der Waals surface area contributed by atoms with E-state index in [1.54, 1.807) is 12.4 Å². The number of carbonyl (C=O) groups excluding carboxylic acids is 1. The van der Waals surface area contributed by atoms with Gasteiger partial charge in [0.1, 0.15) is 5.75 Å². The van der Waals surface area contributed by atoms with Crippen molar-refractivity contribution in [2.75, 3.05) is 31.1 Å². The minimum absolute atomic E-state index is 0.110. The van der Waals surface area contributed by atoms with E-state index in [0.29, 0.717) is 0 Å². The van der Waals surface area contributed by atoms with E-state index in [4.69, 9.17) is 4.74 Å². The Morgan fingerprint density at radius 3 is 2.46 bits per heavy atom. The summed E-state index contributed by atoms with van der Waals surface area (Å²) in [5.74, 6) is 0.939. The molecule has 26 heavy (non-hydrogen) atoms. The molecule has 0 aliphatic carbocycles. The SMILES string of the molecule is Cc1ccc(OCCCCCCN2CCN(c3ccncc3)C2=O)cc1. The van der Waals surface area contributed by atoms with E-state index in [0.717, 1.165) is 63.4 Å². The maximum atomic E-state index is 12.5. The van der Waals surface area contributed by atoms with Gasteiger partial charge < -0.3 is 9.64 Å². The van der Waals surface area contributed by atoms with Crippen LogP contribution in [-0.4, -0.2) is 42.2 Å². The highest BCUT2D eigenvalue weighted by atomic mass is 16.5. The number of rotatable bonds is 9. The van der Waals surface area contributed by atoms with Crippen LogP contribution in [0.5, 0.6) is 5.75 Å². The second-order valence-corrected chi connectivity index (χ2v) is 6.70. The van der Waals surface area contributed by atoms with Gasteiger partial charge >= 0.3 is 6.03 Å². The lowest BCUT2D eigenvalue weighted by Gasteiger charge is -2.18. The maximum Gasteiger partial charge on any atom is 0.324 e. The third kappa shape index (κ3) is 4.97. The number of anilines is 1. The number of aromatic nitrogens is 1. The Bertz CT molecular complexity index is 688. The fourth-order valence-corrected chi connectivity index (χ4v) is 3.14. The van der Waals surface area contributed by atoms with Gasteiger partial charge in [-0.2, -0.15) is 0 Å². The Balaban J connectivity index is 1.28. The quantitative estimate of drug-likeness (QED) is 0.632. The van der Waals surface area contributed by atoms with Crippen LogP contribution in [0.4, 0.5) is 10.5 Å². The molecule has 2 heterocycles. The van der Waals surface area contributed by atoms with E-state index in [9.17, 15) is 4.79 Å². The highest BCUT2D eigenvalue weighted by molar-refractivity contribution is 5.93. The van der Waals surface area contributed by atoms with Crippen LogP contribution < -0.4 is 9.64 Å². The van der Waals surface area contributed by atoms with Crippen molar-refractivity contribution in [1.29, 1.82) is 0 Å². The van der Waals surface area contributed by atoms with Crippen LogP contribution in [0, 0.1) is 6.92 Å². The van der Waals surface area contributed by atoms with Crippen LogP contribution >= 0.6 is 0 Å². The predicted molar refractivity (Wildman–Crippen MR) is 104 cm³/mol. The molecule has 0 radical (unpaired) electrons. The second-order valence-electron chi connectivity index (χ2n) is 6.70. The van der Waals surface area contributed by atoms with Crippen molar-refractivity contribution >= 4 is 11.7 Å². The zero-order chi connectivity index (χ0) is 18.2. The van der Waals surface area contributed by atoms with Gasteiger partial charge in [0.2, 0.25) is 0 Å². The molecular formula is C21H27N3O2. The van der Waals surface area contributed by atoms with Crippen LogP contribution in [0.1, 0.15) is 31.2 Å². The van der Waals surface area contributed by atoms with Gasteiger partial charge in [-0.3, -0.25) is 9.88 Å². The van der Waals surface area contributed by atoms with Crippen molar-refractivity contribution in [3.63, 3.8) is 0 Å². The van der Waals surface area contributed by atoms with Crippen molar-refractivity contribution < 1.29 is 9.53 Å². The van der Waals surface area contributed by atoms with Gasteiger partial charge in [-0.15, -0.1) is 0 Å². The van der Waals surface area contributed by atoms with Gasteiger partial charge in [0.05, 0.1) is 6.61 Å². The molecule has 1 aromatic carbocycles. The number of hydrogen-bond donors (Lipinski definition) is 0.